The van der Waals surface area contributed by atoms with E-state index in [2.05, 4.69) is 48.1 Å². The second kappa shape index (κ2) is 7.78. The van der Waals surface area contributed by atoms with E-state index in [0.717, 1.165) is 0 Å². The summed E-state index contributed by atoms with van der Waals surface area (Å²) >= 11 is 0. The summed E-state index contributed by atoms with van der Waals surface area (Å²) in [6.07, 6.45) is 0. The summed E-state index contributed by atoms with van der Waals surface area (Å²) in [6.45, 7) is 16.9. The molecule has 0 radical (unpaired) electrons. The molecule has 0 aliphatic carbocycles. The minimum absolute atomic E-state index is 0.0566. The lowest BCUT2D eigenvalue weighted by molar-refractivity contribution is -0.139. The Morgan fingerprint density at radius 2 is 1.26 bits per heavy atom. The van der Waals surface area contributed by atoms with E-state index in [9.17, 15) is 4.79 Å². The van der Waals surface area contributed by atoms with Gasteiger partial charge in [0.15, 0.2) is 0 Å². The SMILES string of the molecule is CO[Si](CC(C)C(=O)O[Si](C)(C(C)(C)C)C(C)(C)C)(OC)OC. The number of carbonyl (C=O) groups excluding carboxylic acids is 1. The van der Waals surface area contributed by atoms with Crippen molar-refractivity contribution in [3.63, 3.8) is 0 Å². The van der Waals surface area contributed by atoms with Crippen LogP contribution in [0.5, 0.6) is 0 Å². The normalized spacial score (nSPS) is 15.4. The fraction of sp³-hybridized carbons (Fsp3) is 0.938. The van der Waals surface area contributed by atoms with Crippen LogP contribution in [-0.2, 0) is 22.5 Å². The van der Waals surface area contributed by atoms with Crippen molar-refractivity contribution in [1.82, 2.24) is 0 Å². The predicted molar refractivity (Wildman–Crippen MR) is 97.9 cm³/mol. The van der Waals surface area contributed by atoms with Gasteiger partial charge >= 0.3 is 8.80 Å². The van der Waals surface area contributed by atoms with Crippen LogP contribution >= 0.6 is 0 Å². The smallest absolute Gasteiger partial charge is 0.501 e. The lowest BCUT2D eigenvalue weighted by Gasteiger charge is -2.47. The third-order valence-electron chi connectivity index (χ3n) is 5.06. The molecule has 0 amide bonds. The highest BCUT2D eigenvalue weighted by Crippen LogP contribution is 2.51. The first kappa shape index (κ1) is 22.8. The maximum Gasteiger partial charge on any atom is 0.501 e. The van der Waals surface area contributed by atoms with E-state index in [1.807, 2.05) is 6.92 Å². The van der Waals surface area contributed by atoms with E-state index in [4.69, 9.17) is 17.7 Å². The van der Waals surface area contributed by atoms with Gasteiger partial charge in [-0.2, -0.15) is 0 Å². The maximum atomic E-state index is 12.7. The first-order valence-electron chi connectivity index (χ1n) is 8.08. The number of carbonyl (C=O) groups is 1. The Balaban J connectivity index is 5.31. The molecule has 7 heteroatoms. The molecule has 0 aromatic heterocycles. The zero-order valence-electron chi connectivity index (χ0n) is 16.8. The molecule has 0 aromatic rings. The van der Waals surface area contributed by atoms with Crippen molar-refractivity contribution >= 4 is 23.1 Å². The summed E-state index contributed by atoms with van der Waals surface area (Å²) in [5.74, 6) is -0.523. The zero-order valence-corrected chi connectivity index (χ0v) is 18.8. The topological polar surface area (TPSA) is 54.0 Å². The second-order valence-electron chi connectivity index (χ2n) is 8.35. The van der Waals surface area contributed by atoms with Crippen molar-refractivity contribution in [2.75, 3.05) is 21.3 Å². The summed E-state index contributed by atoms with van der Waals surface area (Å²) in [4.78, 5) is 12.7. The Hall–Kier alpha value is -0.216. The molecule has 0 aliphatic rings. The standard InChI is InChI=1S/C16H36O5Si2/c1-13(12-23(18-8,19-9)20-10)14(17)21-22(11,15(2,3)4)16(5,6)7/h13H,12H2,1-11H3. The summed E-state index contributed by atoms with van der Waals surface area (Å²) in [5, 5.41) is -0.113. The summed E-state index contributed by atoms with van der Waals surface area (Å²) in [5.41, 5.74) is 0. The van der Waals surface area contributed by atoms with Crippen molar-refractivity contribution < 1.29 is 22.5 Å². The molecule has 0 spiro atoms. The maximum absolute atomic E-state index is 12.7. The van der Waals surface area contributed by atoms with Crippen molar-refractivity contribution in [1.29, 1.82) is 0 Å². The Kier molecular flexibility index (Phi) is 7.70. The van der Waals surface area contributed by atoms with E-state index < -0.39 is 17.1 Å². The second-order valence-corrected chi connectivity index (χ2v) is 16.6. The van der Waals surface area contributed by atoms with Gasteiger partial charge < -0.3 is 17.7 Å². The van der Waals surface area contributed by atoms with Gasteiger partial charge in [0.25, 0.3) is 14.3 Å². The Bertz CT molecular complexity index is 372. The van der Waals surface area contributed by atoms with Gasteiger partial charge in [0.1, 0.15) is 0 Å². The molecule has 0 rings (SSSR count). The van der Waals surface area contributed by atoms with E-state index >= 15 is 0 Å². The van der Waals surface area contributed by atoms with Crippen LogP contribution in [0.1, 0.15) is 48.5 Å². The molecule has 0 saturated heterocycles. The number of hydrogen-bond donors (Lipinski definition) is 0. The first-order valence-corrected chi connectivity index (χ1v) is 12.4. The van der Waals surface area contributed by atoms with Crippen LogP contribution < -0.4 is 0 Å². The minimum Gasteiger partial charge on any atom is -0.518 e. The average molecular weight is 365 g/mol. The highest BCUT2D eigenvalue weighted by molar-refractivity contribution is 6.79. The first-order chi connectivity index (χ1) is 10.2. The molecule has 5 nitrogen and oxygen atoms in total. The average Bonchev–Trinajstić information content (AvgIpc) is 2.42. The monoisotopic (exact) mass is 364 g/mol. The van der Waals surface area contributed by atoms with Crippen LogP contribution in [0.15, 0.2) is 0 Å². The van der Waals surface area contributed by atoms with E-state index in [-0.39, 0.29) is 22.0 Å². The van der Waals surface area contributed by atoms with E-state index in [0.29, 0.717) is 6.04 Å². The highest BCUT2D eigenvalue weighted by Gasteiger charge is 2.54. The van der Waals surface area contributed by atoms with Gasteiger partial charge in [0.05, 0.1) is 5.92 Å². The third kappa shape index (κ3) is 5.13. The molecule has 0 bridgehead atoms. The zero-order chi connectivity index (χ0) is 18.7. The molecule has 23 heavy (non-hydrogen) atoms. The molecular weight excluding hydrogens is 328 g/mol. The Morgan fingerprint density at radius 3 is 1.52 bits per heavy atom. The highest BCUT2D eigenvalue weighted by atomic mass is 28.4. The van der Waals surface area contributed by atoms with Gasteiger partial charge in [0.2, 0.25) is 0 Å². The number of rotatable bonds is 7. The lowest BCUT2D eigenvalue weighted by Crippen LogP contribution is -2.54. The van der Waals surface area contributed by atoms with E-state index in [1.54, 1.807) is 21.3 Å². The molecular formula is C16H36O5Si2. The van der Waals surface area contributed by atoms with Gasteiger partial charge in [-0.15, -0.1) is 0 Å². The fourth-order valence-electron chi connectivity index (χ4n) is 2.69. The molecule has 0 saturated carbocycles. The molecule has 1 unspecified atom stereocenters. The quantitative estimate of drug-likeness (QED) is 0.633. The van der Waals surface area contributed by atoms with Crippen molar-refractivity contribution in [3.8, 4) is 0 Å². The van der Waals surface area contributed by atoms with Crippen LogP contribution in [-0.4, -0.2) is 44.4 Å². The number of hydrogen-bond acceptors (Lipinski definition) is 5. The van der Waals surface area contributed by atoms with Crippen molar-refractivity contribution in [2.45, 2.75) is 71.1 Å². The third-order valence-corrected chi connectivity index (χ3v) is 14.4. The lowest BCUT2D eigenvalue weighted by atomic mass is 10.2. The van der Waals surface area contributed by atoms with Crippen molar-refractivity contribution in [2.24, 2.45) is 5.92 Å². The van der Waals surface area contributed by atoms with Crippen molar-refractivity contribution in [3.05, 3.63) is 0 Å². The van der Waals surface area contributed by atoms with Gasteiger partial charge in [-0.05, 0) is 16.6 Å². The molecule has 1 atom stereocenters. The molecule has 0 N–H and O–H groups in total. The van der Waals surface area contributed by atoms with Crippen LogP contribution in [0.2, 0.25) is 22.7 Å². The summed E-state index contributed by atoms with van der Waals surface area (Å²) < 4.78 is 22.4. The minimum atomic E-state index is -2.80. The molecule has 0 fully saturated rings. The Labute approximate surface area is 144 Å². The largest absolute Gasteiger partial charge is 0.518 e. The van der Waals surface area contributed by atoms with Gasteiger partial charge in [0, 0.05) is 27.4 Å². The van der Waals surface area contributed by atoms with Gasteiger partial charge in [-0.1, -0.05) is 48.5 Å². The van der Waals surface area contributed by atoms with E-state index in [1.165, 1.54) is 0 Å². The van der Waals surface area contributed by atoms with Gasteiger partial charge in [-0.3, -0.25) is 4.79 Å². The Morgan fingerprint density at radius 1 is 0.913 bits per heavy atom. The molecule has 0 heterocycles. The van der Waals surface area contributed by atoms with Crippen LogP contribution in [0.3, 0.4) is 0 Å². The van der Waals surface area contributed by atoms with Crippen LogP contribution in [0.4, 0.5) is 0 Å². The fourth-order valence-corrected chi connectivity index (χ4v) is 8.07. The predicted octanol–water partition coefficient (Wildman–Crippen LogP) is 4.22. The van der Waals surface area contributed by atoms with Crippen LogP contribution in [0.25, 0.3) is 0 Å². The van der Waals surface area contributed by atoms with Crippen LogP contribution in [0, 0.1) is 5.92 Å². The molecule has 0 aliphatic heterocycles. The van der Waals surface area contributed by atoms with Gasteiger partial charge in [-0.25, -0.2) is 0 Å². The molecule has 138 valence electrons. The molecule has 0 aromatic carbocycles. The summed E-state index contributed by atoms with van der Waals surface area (Å²) in [7, 11) is -0.469. The summed E-state index contributed by atoms with van der Waals surface area (Å²) in [6, 6.07) is 0.411.